The fraction of sp³-hybridized carbons (Fsp3) is 0.583. The second kappa shape index (κ2) is 6.90. The summed E-state index contributed by atoms with van der Waals surface area (Å²) in [6.45, 7) is 4.43. The van der Waals surface area contributed by atoms with Crippen molar-refractivity contribution in [2.45, 2.75) is 26.7 Å². The van der Waals surface area contributed by atoms with E-state index in [1.165, 1.54) is 0 Å². The molecule has 0 atom stereocenters. The summed E-state index contributed by atoms with van der Waals surface area (Å²) in [5, 5.41) is 17.1. The summed E-state index contributed by atoms with van der Waals surface area (Å²) in [5.74, 6) is -0.975. The van der Waals surface area contributed by atoms with Gasteiger partial charge >= 0.3 is 5.97 Å². The fourth-order valence-corrected chi connectivity index (χ4v) is 1.70. The molecular weight excluding hydrogens is 236 g/mol. The lowest BCUT2D eigenvalue weighted by atomic mass is 10.0. The molecule has 1 N–H and O–H groups in total. The van der Waals surface area contributed by atoms with Gasteiger partial charge in [-0.05, 0) is 18.4 Å². The van der Waals surface area contributed by atoms with Crippen molar-refractivity contribution in [1.82, 2.24) is 10.2 Å². The van der Waals surface area contributed by atoms with Gasteiger partial charge in [0.2, 0.25) is 5.88 Å². The number of ether oxygens (including phenoxy) is 2. The van der Waals surface area contributed by atoms with Crippen molar-refractivity contribution in [3.05, 3.63) is 16.8 Å². The Balaban J connectivity index is 3.13. The number of rotatable bonds is 7. The highest BCUT2D eigenvalue weighted by Crippen LogP contribution is 2.22. The summed E-state index contributed by atoms with van der Waals surface area (Å²) in [5.41, 5.74) is 1.50. The van der Waals surface area contributed by atoms with Gasteiger partial charge in [0.15, 0.2) is 0 Å². The zero-order valence-corrected chi connectivity index (χ0v) is 10.9. The third kappa shape index (κ3) is 3.16. The summed E-state index contributed by atoms with van der Waals surface area (Å²) in [6, 6.07) is 0. The Bertz CT molecular complexity index is 421. The van der Waals surface area contributed by atoms with E-state index >= 15 is 0 Å². The number of hydrogen-bond donors (Lipinski definition) is 1. The molecule has 0 aromatic carbocycles. The maximum Gasteiger partial charge on any atom is 0.341 e. The summed E-state index contributed by atoms with van der Waals surface area (Å²) in [4.78, 5) is 11.3. The van der Waals surface area contributed by atoms with Crippen LogP contribution in [0.25, 0.3) is 0 Å². The van der Waals surface area contributed by atoms with Gasteiger partial charge in [-0.25, -0.2) is 4.79 Å². The molecule has 1 aromatic rings. The average molecular weight is 254 g/mol. The number of carboxylic acids is 1. The molecule has 1 heterocycles. The average Bonchev–Trinajstić information content (AvgIpc) is 2.37. The first kappa shape index (κ1) is 14.4. The smallest absolute Gasteiger partial charge is 0.341 e. The lowest BCUT2D eigenvalue weighted by Crippen LogP contribution is -2.15. The minimum absolute atomic E-state index is 0.0635. The van der Waals surface area contributed by atoms with E-state index in [0.29, 0.717) is 30.7 Å². The van der Waals surface area contributed by atoms with E-state index in [-0.39, 0.29) is 18.1 Å². The first-order valence-electron chi connectivity index (χ1n) is 5.89. The summed E-state index contributed by atoms with van der Waals surface area (Å²) in [6.07, 6.45) is 1.23. The van der Waals surface area contributed by atoms with Crippen LogP contribution in [-0.4, -0.2) is 41.6 Å². The van der Waals surface area contributed by atoms with Crippen molar-refractivity contribution >= 4 is 5.97 Å². The third-order valence-corrected chi connectivity index (χ3v) is 2.55. The van der Waals surface area contributed by atoms with Crippen molar-refractivity contribution in [1.29, 1.82) is 0 Å². The highest BCUT2D eigenvalue weighted by atomic mass is 16.5. The topological polar surface area (TPSA) is 81.5 Å². The quantitative estimate of drug-likeness (QED) is 0.739. The predicted molar refractivity (Wildman–Crippen MR) is 65.1 cm³/mol. The van der Waals surface area contributed by atoms with Crippen LogP contribution in [0.2, 0.25) is 0 Å². The first-order valence-corrected chi connectivity index (χ1v) is 5.89. The van der Waals surface area contributed by atoms with Crippen LogP contribution in [0.3, 0.4) is 0 Å². The highest BCUT2D eigenvalue weighted by Gasteiger charge is 2.21. The van der Waals surface area contributed by atoms with Crippen LogP contribution in [-0.2, 0) is 17.6 Å². The maximum atomic E-state index is 11.3. The Hall–Kier alpha value is -1.69. The van der Waals surface area contributed by atoms with Gasteiger partial charge in [0.1, 0.15) is 12.2 Å². The maximum absolute atomic E-state index is 11.3. The minimum Gasteiger partial charge on any atom is -0.477 e. The molecule has 0 aliphatic rings. The van der Waals surface area contributed by atoms with Crippen LogP contribution in [0.15, 0.2) is 0 Å². The second-order valence-corrected chi connectivity index (χ2v) is 3.66. The Labute approximate surface area is 106 Å². The Morgan fingerprint density at radius 2 is 1.94 bits per heavy atom. The van der Waals surface area contributed by atoms with E-state index in [1.54, 1.807) is 7.11 Å². The van der Waals surface area contributed by atoms with Gasteiger partial charge < -0.3 is 14.6 Å². The van der Waals surface area contributed by atoms with Crippen LogP contribution >= 0.6 is 0 Å². The lowest BCUT2D eigenvalue weighted by Gasteiger charge is -2.12. The third-order valence-electron chi connectivity index (χ3n) is 2.55. The summed E-state index contributed by atoms with van der Waals surface area (Å²) >= 11 is 0. The van der Waals surface area contributed by atoms with Crippen LogP contribution in [0.5, 0.6) is 5.88 Å². The van der Waals surface area contributed by atoms with Crippen molar-refractivity contribution in [3.8, 4) is 5.88 Å². The number of carbonyl (C=O) groups is 1. The normalized spacial score (nSPS) is 10.4. The van der Waals surface area contributed by atoms with Crippen molar-refractivity contribution in [2.75, 3.05) is 20.3 Å². The van der Waals surface area contributed by atoms with E-state index in [0.717, 1.165) is 0 Å². The minimum atomic E-state index is -1.04. The molecule has 0 aliphatic carbocycles. The number of hydrogen-bond acceptors (Lipinski definition) is 5. The van der Waals surface area contributed by atoms with E-state index in [4.69, 9.17) is 9.47 Å². The molecular formula is C12H18N2O4. The van der Waals surface area contributed by atoms with Gasteiger partial charge in [0, 0.05) is 7.11 Å². The van der Waals surface area contributed by atoms with Gasteiger partial charge in [-0.15, -0.1) is 5.10 Å². The van der Waals surface area contributed by atoms with Gasteiger partial charge in [-0.2, -0.15) is 5.10 Å². The zero-order valence-electron chi connectivity index (χ0n) is 10.9. The van der Waals surface area contributed by atoms with Crippen LogP contribution in [0.4, 0.5) is 0 Å². The second-order valence-electron chi connectivity index (χ2n) is 3.66. The molecule has 0 bridgehead atoms. The Morgan fingerprint density at radius 1 is 1.22 bits per heavy atom. The van der Waals surface area contributed by atoms with Crippen molar-refractivity contribution < 1.29 is 19.4 Å². The van der Waals surface area contributed by atoms with Gasteiger partial charge in [0.25, 0.3) is 0 Å². The van der Waals surface area contributed by atoms with Gasteiger partial charge in [-0.3, -0.25) is 0 Å². The molecule has 0 fully saturated rings. The molecule has 0 spiro atoms. The monoisotopic (exact) mass is 254 g/mol. The largest absolute Gasteiger partial charge is 0.477 e. The van der Waals surface area contributed by atoms with E-state index in [9.17, 15) is 9.90 Å². The molecule has 0 aliphatic heterocycles. The molecule has 0 amide bonds. The van der Waals surface area contributed by atoms with Crippen molar-refractivity contribution in [3.63, 3.8) is 0 Å². The van der Waals surface area contributed by atoms with Gasteiger partial charge in [-0.1, -0.05) is 13.8 Å². The molecule has 1 rings (SSSR count). The zero-order chi connectivity index (χ0) is 13.5. The lowest BCUT2D eigenvalue weighted by molar-refractivity contribution is 0.0686. The summed E-state index contributed by atoms with van der Waals surface area (Å²) in [7, 11) is 1.55. The highest BCUT2D eigenvalue weighted by molar-refractivity contribution is 5.92. The van der Waals surface area contributed by atoms with Crippen molar-refractivity contribution in [2.24, 2.45) is 0 Å². The number of nitrogens with zero attached hydrogens (tertiary/aromatic N) is 2. The summed E-state index contributed by atoms with van der Waals surface area (Å²) < 4.78 is 10.1. The first-order chi connectivity index (χ1) is 8.65. The molecule has 100 valence electrons. The molecule has 6 nitrogen and oxygen atoms in total. The molecule has 1 aromatic heterocycles. The SMILES string of the molecule is CCc1nnc(OCCOC)c(C(=O)O)c1CC. The van der Waals surface area contributed by atoms with E-state index in [2.05, 4.69) is 10.2 Å². The fourth-order valence-electron chi connectivity index (χ4n) is 1.70. The van der Waals surface area contributed by atoms with Crippen LogP contribution < -0.4 is 4.74 Å². The molecule has 0 saturated carbocycles. The molecule has 0 saturated heterocycles. The standard InChI is InChI=1S/C12H18N2O4/c1-4-8-9(5-2)13-14-11(10(8)12(15)16)18-7-6-17-3/h4-7H2,1-3H3,(H,15,16). The predicted octanol–water partition coefficient (Wildman–Crippen LogP) is 1.32. The molecule has 6 heteroatoms. The number of methoxy groups -OCH3 is 1. The molecule has 0 unspecified atom stereocenters. The molecule has 18 heavy (non-hydrogen) atoms. The Morgan fingerprint density at radius 3 is 2.44 bits per heavy atom. The van der Waals surface area contributed by atoms with Crippen LogP contribution in [0.1, 0.15) is 35.5 Å². The van der Waals surface area contributed by atoms with E-state index < -0.39 is 5.97 Å². The van der Waals surface area contributed by atoms with E-state index in [1.807, 2.05) is 13.8 Å². The van der Waals surface area contributed by atoms with Gasteiger partial charge in [0.05, 0.1) is 12.3 Å². The Kier molecular flexibility index (Phi) is 5.51. The number of aromatic nitrogens is 2. The van der Waals surface area contributed by atoms with Crippen LogP contribution in [0, 0.1) is 0 Å². The number of aromatic carboxylic acids is 1. The number of carboxylic acid groups (broad SMARTS) is 1. The molecule has 0 radical (unpaired) electrons. The number of aryl methyl sites for hydroxylation is 1.